The molecule has 0 aliphatic rings. The predicted molar refractivity (Wildman–Crippen MR) is 209 cm³/mol. The highest BCUT2D eigenvalue weighted by Crippen LogP contribution is 2.25. The lowest BCUT2D eigenvalue weighted by molar-refractivity contribution is 0.176. The van der Waals surface area contributed by atoms with E-state index >= 15 is 0 Å². The summed E-state index contributed by atoms with van der Waals surface area (Å²) >= 11 is 9.44. The fourth-order valence-electron chi connectivity index (χ4n) is 5.44. The average molecular weight is 685 g/mol. The molecule has 0 N–H and O–H groups in total. The number of allylic oxidation sites excluding steroid dienone is 3. The zero-order chi connectivity index (χ0) is 32.9. The van der Waals surface area contributed by atoms with Crippen LogP contribution in [0.5, 0.6) is 0 Å². The SMILES string of the molecule is CCCCCCCCCCC=CO[Si](OC=CCCCCCCCCCC)(OC=CCCCCCCCCCC)C(S)CCS. The fourth-order valence-corrected chi connectivity index (χ4v) is 8.81. The molecule has 0 aromatic rings. The third-order valence-electron chi connectivity index (χ3n) is 8.47. The summed E-state index contributed by atoms with van der Waals surface area (Å²) in [6, 6.07) is 0. The van der Waals surface area contributed by atoms with Crippen LogP contribution in [-0.2, 0) is 13.3 Å². The van der Waals surface area contributed by atoms with Gasteiger partial charge in [-0.1, -0.05) is 174 Å². The van der Waals surface area contributed by atoms with Gasteiger partial charge in [0.1, 0.15) is 4.87 Å². The van der Waals surface area contributed by atoms with E-state index in [4.69, 9.17) is 25.9 Å². The molecule has 0 bridgehead atoms. The van der Waals surface area contributed by atoms with Gasteiger partial charge in [-0.15, -0.1) is 0 Å². The van der Waals surface area contributed by atoms with Crippen molar-refractivity contribution in [2.75, 3.05) is 5.75 Å². The highest BCUT2D eigenvalue weighted by atomic mass is 32.1. The maximum atomic E-state index is 6.40. The molecule has 0 spiro atoms. The average Bonchev–Trinajstić information content (AvgIpc) is 3.04. The molecule has 0 heterocycles. The summed E-state index contributed by atoms with van der Waals surface area (Å²) in [5.41, 5.74) is 0. The van der Waals surface area contributed by atoms with Crippen LogP contribution in [0.3, 0.4) is 0 Å². The van der Waals surface area contributed by atoms with Gasteiger partial charge in [-0.25, -0.2) is 0 Å². The number of hydrogen-bond acceptors (Lipinski definition) is 5. The molecule has 1 atom stereocenters. The van der Waals surface area contributed by atoms with Crippen molar-refractivity contribution in [2.24, 2.45) is 0 Å². The lowest BCUT2D eigenvalue weighted by Gasteiger charge is -2.30. The molecule has 0 rings (SSSR count). The van der Waals surface area contributed by atoms with Gasteiger partial charge in [0.25, 0.3) is 0 Å². The smallest absolute Gasteiger partial charge is 0.490 e. The zero-order valence-corrected chi connectivity index (χ0v) is 33.0. The van der Waals surface area contributed by atoms with E-state index < -0.39 is 8.80 Å². The molecule has 0 saturated heterocycles. The van der Waals surface area contributed by atoms with Crippen LogP contribution in [0, 0.1) is 0 Å². The van der Waals surface area contributed by atoms with Crippen LogP contribution < -0.4 is 0 Å². The Bertz CT molecular complexity index is 592. The monoisotopic (exact) mass is 685 g/mol. The second-order valence-corrected chi connectivity index (χ2v) is 17.1. The van der Waals surface area contributed by atoms with Crippen molar-refractivity contribution in [1.29, 1.82) is 0 Å². The third-order valence-corrected chi connectivity index (χ3v) is 12.4. The standard InChI is InChI=1S/C39H76O3S2Si/c1-4-7-10-13-16-19-22-25-28-31-35-40-45(39(44)34-38-43,41-36-32-29-26-23-20-17-14-11-8-5-2)42-37-33-30-27-24-21-18-15-12-9-6-3/h31-33,35-37,39,43-44H,4-30,34,38H2,1-3H3. The van der Waals surface area contributed by atoms with E-state index in [2.05, 4.69) is 51.6 Å². The van der Waals surface area contributed by atoms with Gasteiger partial charge in [0.05, 0.1) is 18.8 Å². The lowest BCUT2D eigenvalue weighted by Crippen LogP contribution is -2.51. The molecule has 0 radical (unpaired) electrons. The Morgan fingerprint density at radius 2 is 0.711 bits per heavy atom. The van der Waals surface area contributed by atoms with Crippen LogP contribution in [-0.4, -0.2) is 19.4 Å². The van der Waals surface area contributed by atoms with Crippen molar-refractivity contribution in [3.63, 3.8) is 0 Å². The Morgan fingerprint density at radius 3 is 0.978 bits per heavy atom. The third kappa shape index (κ3) is 29.4. The van der Waals surface area contributed by atoms with E-state index in [9.17, 15) is 0 Å². The number of hydrogen-bond donors (Lipinski definition) is 2. The predicted octanol–water partition coefficient (Wildman–Crippen LogP) is 14.3. The topological polar surface area (TPSA) is 27.7 Å². The number of unbranched alkanes of at least 4 members (excludes halogenated alkanes) is 24. The van der Waals surface area contributed by atoms with Crippen molar-refractivity contribution in [1.82, 2.24) is 0 Å². The first-order chi connectivity index (χ1) is 22.2. The molecule has 45 heavy (non-hydrogen) atoms. The first-order valence-electron chi connectivity index (χ1n) is 19.4. The number of thiol groups is 2. The van der Waals surface area contributed by atoms with E-state index in [0.29, 0.717) is 5.75 Å². The quantitative estimate of drug-likeness (QED) is 0.0298. The second kappa shape index (κ2) is 36.4. The van der Waals surface area contributed by atoms with Gasteiger partial charge >= 0.3 is 8.80 Å². The van der Waals surface area contributed by atoms with Crippen molar-refractivity contribution in [3.8, 4) is 0 Å². The highest BCUT2D eigenvalue weighted by Gasteiger charge is 2.53. The molecule has 266 valence electrons. The Labute approximate surface area is 294 Å². The van der Waals surface area contributed by atoms with Crippen molar-refractivity contribution in [3.05, 3.63) is 37.0 Å². The van der Waals surface area contributed by atoms with Gasteiger partial charge in [0.15, 0.2) is 0 Å². The first-order valence-corrected chi connectivity index (χ1v) is 22.4. The maximum Gasteiger partial charge on any atom is 0.711 e. The fraction of sp³-hybridized carbons (Fsp3) is 0.846. The Morgan fingerprint density at radius 1 is 0.444 bits per heavy atom. The van der Waals surface area contributed by atoms with Crippen LogP contribution in [0.1, 0.15) is 201 Å². The minimum absolute atomic E-state index is 0.150. The van der Waals surface area contributed by atoms with E-state index in [1.54, 1.807) is 0 Å². The van der Waals surface area contributed by atoms with E-state index in [1.165, 1.54) is 154 Å². The molecule has 0 saturated carbocycles. The Balaban J connectivity index is 4.91. The Hall–Kier alpha value is -0.463. The van der Waals surface area contributed by atoms with E-state index in [0.717, 1.165) is 25.7 Å². The van der Waals surface area contributed by atoms with Crippen LogP contribution in [0.15, 0.2) is 37.0 Å². The summed E-state index contributed by atoms with van der Waals surface area (Å²) in [7, 11) is -3.15. The van der Waals surface area contributed by atoms with Crippen molar-refractivity contribution < 1.29 is 13.3 Å². The van der Waals surface area contributed by atoms with Crippen LogP contribution >= 0.6 is 25.3 Å². The van der Waals surface area contributed by atoms with Crippen molar-refractivity contribution >= 4 is 34.1 Å². The largest absolute Gasteiger partial charge is 0.711 e. The Kier molecular flexibility index (Phi) is 36.0. The van der Waals surface area contributed by atoms with Gasteiger partial charge in [-0.05, 0) is 50.7 Å². The highest BCUT2D eigenvalue weighted by molar-refractivity contribution is 7.83. The van der Waals surface area contributed by atoms with Gasteiger partial charge in [-0.3, -0.25) is 0 Å². The van der Waals surface area contributed by atoms with E-state index in [1.807, 2.05) is 18.8 Å². The molecule has 0 aromatic heterocycles. The first kappa shape index (κ1) is 44.5. The molecule has 0 fully saturated rings. The number of rotatable bonds is 36. The summed E-state index contributed by atoms with van der Waals surface area (Å²) in [6.45, 7) is 6.83. The summed E-state index contributed by atoms with van der Waals surface area (Å²) < 4.78 is 19.2. The molecule has 0 aliphatic heterocycles. The summed E-state index contributed by atoms with van der Waals surface area (Å²) in [5.74, 6) is 0.713. The molecule has 6 heteroatoms. The van der Waals surface area contributed by atoms with E-state index in [-0.39, 0.29) is 4.87 Å². The van der Waals surface area contributed by atoms with Gasteiger partial charge in [-0.2, -0.15) is 25.3 Å². The van der Waals surface area contributed by atoms with Gasteiger partial charge < -0.3 is 13.3 Å². The summed E-state index contributed by atoms with van der Waals surface area (Å²) in [6.07, 6.45) is 47.6. The van der Waals surface area contributed by atoms with Crippen LogP contribution in [0.25, 0.3) is 0 Å². The molecule has 1 unspecified atom stereocenters. The minimum atomic E-state index is -3.15. The lowest BCUT2D eigenvalue weighted by atomic mass is 10.1. The zero-order valence-electron chi connectivity index (χ0n) is 30.2. The molecule has 0 aliphatic carbocycles. The maximum absolute atomic E-state index is 6.40. The molecule has 0 aromatic carbocycles. The normalized spacial score (nSPS) is 14.1. The van der Waals surface area contributed by atoms with Crippen LogP contribution in [0.4, 0.5) is 0 Å². The van der Waals surface area contributed by atoms with Gasteiger partial charge in [0.2, 0.25) is 0 Å². The molecular formula is C39H76O3S2Si. The van der Waals surface area contributed by atoms with Crippen molar-refractivity contribution in [2.45, 2.75) is 205 Å². The summed E-state index contributed by atoms with van der Waals surface area (Å²) in [5, 5.41) is 0. The van der Waals surface area contributed by atoms with Gasteiger partial charge in [0, 0.05) is 0 Å². The molecule has 0 amide bonds. The molecular weight excluding hydrogens is 609 g/mol. The second-order valence-electron chi connectivity index (χ2n) is 12.9. The minimum Gasteiger partial charge on any atom is -0.490 e. The summed E-state index contributed by atoms with van der Waals surface area (Å²) in [4.78, 5) is -0.150. The van der Waals surface area contributed by atoms with Crippen LogP contribution in [0.2, 0.25) is 0 Å². The molecule has 3 nitrogen and oxygen atoms in total.